The Morgan fingerprint density at radius 3 is 2.54 bits per heavy atom. The maximum Gasteiger partial charge on any atom is 0.253 e. The maximum atomic E-state index is 12.6. The SMILES string of the molecule is CCS(=O)(=O)Nc1ccc(C(=O)N(C)C[C@@H]2CCN(CC(C)C)C2)cc1. The highest BCUT2D eigenvalue weighted by Gasteiger charge is 2.25. The summed E-state index contributed by atoms with van der Waals surface area (Å²) >= 11 is 0. The average molecular weight is 382 g/mol. The molecule has 1 saturated heterocycles. The van der Waals surface area contributed by atoms with Crippen LogP contribution in [0.1, 0.15) is 37.6 Å². The third kappa shape index (κ3) is 5.99. The van der Waals surface area contributed by atoms with Crippen molar-refractivity contribution in [2.75, 3.05) is 43.7 Å². The normalized spacial score (nSPS) is 18.3. The van der Waals surface area contributed by atoms with Crippen LogP contribution >= 0.6 is 0 Å². The van der Waals surface area contributed by atoms with Crippen molar-refractivity contribution in [2.24, 2.45) is 11.8 Å². The lowest BCUT2D eigenvalue weighted by Gasteiger charge is -2.22. The lowest BCUT2D eigenvalue weighted by molar-refractivity contribution is 0.0773. The molecule has 0 aliphatic carbocycles. The van der Waals surface area contributed by atoms with E-state index in [-0.39, 0.29) is 11.7 Å². The Hall–Kier alpha value is -1.60. The second kappa shape index (κ2) is 8.86. The summed E-state index contributed by atoms with van der Waals surface area (Å²) in [6.07, 6.45) is 1.13. The molecule has 0 saturated carbocycles. The van der Waals surface area contributed by atoms with Gasteiger partial charge in [-0.3, -0.25) is 9.52 Å². The van der Waals surface area contributed by atoms with Crippen LogP contribution in [0.2, 0.25) is 0 Å². The average Bonchev–Trinajstić information content (AvgIpc) is 3.00. The van der Waals surface area contributed by atoms with Gasteiger partial charge in [0.25, 0.3) is 5.91 Å². The largest absolute Gasteiger partial charge is 0.341 e. The van der Waals surface area contributed by atoms with Crippen LogP contribution in [0.3, 0.4) is 0 Å². The molecule has 0 spiro atoms. The van der Waals surface area contributed by atoms with Crippen LogP contribution in [0.5, 0.6) is 0 Å². The molecule has 2 rings (SSSR count). The number of nitrogens with zero attached hydrogens (tertiary/aromatic N) is 2. The van der Waals surface area contributed by atoms with Crippen molar-refractivity contribution in [3.8, 4) is 0 Å². The molecule has 1 aliphatic rings. The number of rotatable bonds is 8. The van der Waals surface area contributed by atoms with E-state index < -0.39 is 10.0 Å². The first-order valence-electron chi connectivity index (χ1n) is 9.28. The Morgan fingerprint density at radius 2 is 1.96 bits per heavy atom. The van der Waals surface area contributed by atoms with Crippen molar-refractivity contribution in [1.82, 2.24) is 9.80 Å². The number of nitrogens with one attached hydrogen (secondary N) is 1. The minimum Gasteiger partial charge on any atom is -0.341 e. The number of benzene rings is 1. The molecule has 0 aromatic heterocycles. The number of likely N-dealkylation sites (tertiary alicyclic amines) is 1. The highest BCUT2D eigenvalue weighted by Crippen LogP contribution is 2.19. The van der Waals surface area contributed by atoms with Crippen LogP contribution in [0.15, 0.2) is 24.3 Å². The smallest absolute Gasteiger partial charge is 0.253 e. The van der Waals surface area contributed by atoms with Crippen molar-refractivity contribution in [2.45, 2.75) is 27.2 Å². The molecule has 146 valence electrons. The lowest BCUT2D eigenvalue weighted by atomic mass is 10.1. The third-order valence-corrected chi connectivity index (χ3v) is 5.96. The Morgan fingerprint density at radius 1 is 1.31 bits per heavy atom. The second-order valence-corrected chi connectivity index (χ2v) is 9.59. The Kier molecular flexibility index (Phi) is 7.06. The van der Waals surface area contributed by atoms with Crippen molar-refractivity contribution in [3.05, 3.63) is 29.8 Å². The molecule has 7 heteroatoms. The van der Waals surface area contributed by atoms with Gasteiger partial charge in [-0.2, -0.15) is 0 Å². The molecule has 1 N–H and O–H groups in total. The number of hydrogen-bond acceptors (Lipinski definition) is 4. The molecule has 1 heterocycles. The third-order valence-electron chi connectivity index (χ3n) is 4.66. The van der Waals surface area contributed by atoms with Crippen LogP contribution in [0.25, 0.3) is 0 Å². The van der Waals surface area contributed by atoms with Crippen LogP contribution < -0.4 is 4.72 Å². The van der Waals surface area contributed by atoms with E-state index in [0.29, 0.717) is 23.1 Å². The minimum absolute atomic E-state index is 0.0195. The lowest BCUT2D eigenvalue weighted by Crippen LogP contribution is -2.33. The summed E-state index contributed by atoms with van der Waals surface area (Å²) in [7, 11) is -1.47. The molecule has 1 atom stereocenters. The molecular weight excluding hydrogens is 350 g/mol. The number of hydrogen-bond donors (Lipinski definition) is 1. The van der Waals surface area contributed by atoms with Crippen molar-refractivity contribution < 1.29 is 13.2 Å². The standard InChI is InChI=1S/C19H31N3O3S/c1-5-26(24,25)20-18-8-6-17(7-9-18)19(23)21(4)13-16-10-11-22(14-16)12-15(2)3/h6-9,15-16,20H,5,10-14H2,1-4H3/t16-/m0/s1. The Balaban J connectivity index is 1.90. The summed E-state index contributed by atoms with van der Waals surface area (Å²) in [5.74, 6) is 1.17. The minimum atomic E-state index is -3.30. The highest BCUT2D eigenvalue weighted by atomic mass is 32.2. The highest BCUT2D eigenvalue weighted by molar-refractivity contribution is 7.92. The van der Waals surface area contributed by atoms with Gasteiger partial charge in [-0.05, 0) is 56.0 Å². The number of carbonyl (C=O) groups excluding carboxylic acids is 1. The van der Waals surface area contributed by atoms with Crippen LogP contribution in [-0.2, 0) is 10.0 Å². The van der Waals surface area contributed by atoms with Crippen LogP contribution in [0, 0.1) is 11.8 Å². The van der Waals surface area contributed by atoms with Gasteiger partial charge in [0.15, 0.2) is 0 Å². The van der Waals surface area contributed by atoms with E-state index in [9.17, 15) is 13.2 Å². The fraction of sp³-hybridized carbons (Fsp3) is 0.632. The molecular formula is C19H31N3O3S. The molecule has 1 aliphatic heterocycles. The van der Waals surface area contributed by atoms with E-state index >= 15 is 0 Å². The van der Waals surface area contributed by atoms with Crippen LogP contribution in [-0.4, -0.2) is 63.1 Å². The molecule has 0 unspecified atom stereocenters. The molecule has 26 heavy (non-hydrogen) atoms. The van der Waals surface area contributed by atoms with Gasteiger partial charge in [0.2, 0.25) is 10.0 Å². The fourth-order valence-corrected chi connectivity index (χ4v) is 4.01. The number of sulfonamides is 1. The van der Waals surface area contributed by atoms with Gasteiger partial charge >= 0.3 is 0 Å². The predicted octanol–water partition coefficient (Wildman–Crippen LogP) is 2.50. The predicted molar refractivity (Wildman–Crippen MR) is 106 cm³/mol. The molecule has 1 aromatic rings. The monoisotopic (exact) mass is 381 g/mol. The molecule has 1 fully saturated rings. The van der Waals surface area contributed by atoms with Gasteiger partial charge in [-0.25, -0.2) is 8.42 Å². The maximum absolute atomic E-state index is 12.6. The van der Waals surface area contributed by atoms with Gasteiger partial charge in [0, 0.05) is 37.9 Å². The zero-order chi connectivity index (χ0) is 19.3. The van der Waals surface area contributed by atoms with E-state index in [2.05, 4.69) is 23.5 Å². The first-order valence-corrected chi connectivity index (χ1v) is 10.9. The molecule has 6 nitrogen and oxygen atoms in total. The second-order valence-electron chi connectivity index (χ2n) is 7.58. The first kappa shape index (κ1) is 20.7. The summed E-state index contributed by atoms with van der Waals surface area (Å²) < 4.78 is 25.7. The summed E-state index contributed by atoms with van der Waals surface area (Å²) in [6.45, 7) is 10.1. The summed E-state index contributed by atoms with van der Waals surface area (Å²) in [5, 5.41) is 0. The number of amides is 1. The van der Waals surface area contributed by atoms with E-state index in [1.807, 2.05) is 7.05 Å². The van der Waals surface area contributed by atoms with Crippen molar-refractivity contribution >= 4 is 21.6 Å². The van der Waals surface area contributed by atoms with E-state index in [1.54, 1.807) is 36.1 Å². The van der Waals surface area contributed by atoms with Crippen molar-refractivity contribution in [3.63, 3.8) is 0 Å². The van der Waals surface area contributed by atoms with Crippen molar-refractivity contribution in [1.29, 1.82) is 0 Å². The topological polar surface area (TPSA) is 69.7 Å². The fourth-order valence-electron chi connectivity index (χ4n) is 3.37. The van der Waals surface area contributed by atoms with E-state index in [4.69, 9.17) is 0 Å². The molecule has 1 aromatic carbocycles. The van der Waals surface area contributed by atoms with Gasteiger partial charge in [-0.1, -0.05) is 13.8 Å². The summed E-state index contributed by atoms with van der Waals surface area (Å²) in [4.78, 5) is 16.9. The zero-order valence-electron chi connectivity index (χ0n) is 16.2. The molecule has 0 radical (unpaired) electrons. The Labute approximate surface area is 157 Å². The summed E-state index contributed by atoms with van der Waals surface area (Å²) in [6, 6.07) is 6.61. The first-order chi connectivity index (χ1) is 12.2. The Bertz CT molecular complexity index is 701. The quantitative estimate of drug-likeness (QED) is 0.751. The number of anilines is 1. The van der Waals surface area contributed by atoms with E-state index in [1.165, 1.54) is 0 Å². The van der Waals surface area contributed by atoms with Gasteiger partial charge in [0.05, 0.1) is 5.75 Å². The van der Waals surface area contributed by atoms with E-state index in [0.717, 1.165) is 32.6 Å². The molecule has 0 bridgehead atoms. The zero-order valence-corrected chi connectivity index (χ0v) is 17.1. The van der Waals surface area contributed by atoms with Crippen LogP contribution in [0.4, 0.5) is 5.69 Å². The van der Waals surface area contributed by atoms with Gasteiger partial charge in [-0.15, -0.1) is 0 Å². The molecule has 1 amide bonds. The van der Waals surface area contributed by atoms with Gasteiger partial charge < -0.3 is 9.80 Å². The van der Waals surface area contributed by atoms with Gasteiger partial charge in [0.1, 0.15) is 0 Å². The number of carbonyl (C=O) groups is 1. The summed E-state index contributed by atoms with van der Waals surface area (Å²) in [5.41, 5.74) is 1.05.